The zero-order chi connectivity index (χ0) is 42.3. The number of hydrogen-bond donors (Lipinski definition) is 7. The predicted molar refractivity (Wildman–Crippen MR) is 232 cm³/mol. The van der Waals surface area contributed by atoms with Crippen LogP contribution in [0.4, 0.5) is 0 Å². The molecule has 5 aliphatic rings. The number of hydrogen-bond acceptors (Lipinski definition) is 9. The smallest absolute Gasteiger partial charge is 0.200 e. The minimum Gasteiger partial charge on any atom is -0.508 e. The van der Waals surface area contributed by atoms with Crippen molar-refractivity contribution in [1.29, 1.82) is 0 Å². The van der Waals surface area contributed by atoms with Crippen molar-refractivity contribution in [2.24, 2.45) is 35.3 Å². The fraction of sp³-hybridized carbons (Fsp3) is 0.431. The number of ketones is 1. The lowest BCUT2D eigenvalue weighted by Gasteiger charge is -2.54. The first kappa shape index (κ1) is 40.9. The van der Waals surface area contributed by atoms with Gasteiger partial charge in [0.25, 0.3) is 0 Å². The van der Waals surface area contributed by atoms with Gasteiger partial charge in [0.1, 0.15) is 24.9 Å². The molecule has 0 aliphatic heterocycles. The van der Waals surface area contributed by atoms with Gasteiger partial charge in [-0.3, -0.25) is 10.5 Å². The molecule has 10 rings (SSSR count). The minimum atomic E-state index is -0.947. The standard InChI is InChI=1S/C51H58N2O8/c52-29-61-44-22-30(13-15-42(44)56)12-14-41(55)38-23-33(20-31-16-19-53-27-31)37-24-34-25-40(51(17-5-2-6-18-51)35-9-3-1-4-10-35)46(47(37)48(38)58)39-26-43(57)49(59)50(45(34)39)60-28-32-8-7-11-36(54)21-32/h1,3-4,7-11,13,15-16,19,21-22,26-27,33-34,37-38,40,46-48,53-54,56-59H,2,5-6,12,14,17-18,20,23-25,28-29,52H2/t33-,34+,37-,38+,40+,46+,47-,48+/m1/s1. The van der Waals surface area contributed by atoms with Gasteiger partial charge >= 0.3 is 0 Å². The number of nitrogens with one attached hydrogen (secondary N) is 1. The Morgan fingerprint density at radius 3 is 2.39 bits per heavy atom. The Morgan fingerprint density at radius 2 is 1.64 bits per heavy atom. The summed E-state index contributed by atoms with van der Waals surface area (Å²) in [5.74, 6) is -0.954. The zero-order valence-electron chi connectivity index (χ0n) is 34.6. The van der Waals surface area contributed by atoms with Crippen LogP contribution in [-0.2, 0) is 29.7 Å². The van der Waals surface area contributed by atoms with Crippen LogP contribution in [0.3, 0.4) is 0 Å². The molecule has 320 valence electrons. The highest BCUT2D eigenvalue weighted by Gasteiger charge is 2.60. The van der Waals surface area contributed by atoms with E-state index in [1.807, 2.05) is 18.5 Å². The Balaban J connectivity index is 1.17. The highest BCUT2D eigenvalue weighted by molar-refractivity contribution is 5.82. The average Bonchev–Trinajstić information content (AvgIpc) is 3.67. The Hall–Kier alpha value is -5.45. The molecule has 0 unspecified atom stereocenters. The molecular weight excluding hydrogens is 769 g/mol. The molecule has 8 N–H and O–H groups in total. The molecule has 0 radical (unpaired) electrons. The van der Waals surface area contributed by atoms with E-state index in [-0.39, 0.29) is 101 Å². The van der Waals surface area contributed by atoms with Gasteiger partial charge in [-0.15, -0.1) is 0 Å². The van der Waals surface area contributed by atoms with Crippen molar-refractivity contribution in [3.63, 3.8) is 0 Å². The van der Waals surface area contributed by atoms with Crippen molar-refractivity contribution in [3.8, 4) is 34.5 Å². The third-order valence-electron chi connectivity index (χ3n) is 15.1. The van der Waals surface area contributed by atoms with E-state index in [0.717, 1.165) is 72.8 Å². The normalized spacial score (nSPS) is 26.5. The number of benzene rings is 4. The van der Waals surface area contributed by atoms with Crippen LogP contribution in [0.2, 0.25) is 0 Å². The second kappa shape index (κ2) is 17.1. The van der Waals surface area contributed by atoms with Gasteiger partial charge in [0, 0.05) is 30.3 Å². The molecule has 10 heteroatoms. The highest BCUT2D eigenvalue weighted by atomic mass is 16.5. The topological polar surface area (TPSA) is 178 Å². The third kappa shape index (κ3) is 7.74. The number of carbonyl (C=O) groups is 1. The number of aromatic amines is 1. The van der Waals surface area contributed by atoms with Crippen LogP contribution >= 0.6 is 0 Å². The molecule has 0 spiro atoms. The van der Waals surface area contributed by atoms with Crippen LogP contribution in [-0.4, -0.2) is 49.1 Å². The number of carbonyl (C=O) groups excluding carboxylic acids is 1. The van der Waals surface area contributed by atoms with Gasteiger partial charge in [0.15, 0.2) is 23.0 Å². The van der Waals surface area contributed by atoms with E-state index in [0.29, 0.717) is 12.8 Å². The minimum absolute atomic E-state index is 0.00841. The number of Topliss-reactive ketones (excluding diaryl/α,β-unsaturated/α-hetero) is 1. The Labute approximate surface area is 357 Å². The Kier molecular flexibility index (Phi) is 11.5. The number of aliphatic hydroxyl groups excluding tert-OH is 1. The summed E-state index contributed by atoms with van der Waals surface area (Å²) >= 11 is 0. The monoisotopic (exact) mass is 826 g/mol. The van der Waals surface area contributed by atoms with Gasteiger partial charge in [-0.05, 0) is 150 Å². The van der Waals surface area contributed by atoms with Crippen LogP contribution in [0.5, 0.6) is 34.5 Å². The number of aliphatic hydroxyl groups is 1. The Bertz CT molecular complexity index is 2320. The van der Waals surface area contributed by atoms with E-state index < -0.39 is 12.0 Å². The maximum absolute atomic E-state index is 14.7. The van der Waals surface area contributed by atoms with Crippen LogP contribution in [0.1, 0.15) is 103 Å². The SMILES string of the molecule is NCOc1cc(CCC(=O)[C@@H]2C[C@@H](Cc3cc[nH]c3)[C@H]3C[C@H]4C[C@H](C5(c6ccccc6)CCCCC5)[C@H](c5cc(O)c(O)c(OCc6cccc(O)c6)c54)[C@@H]3[C@H]2O)ccc1O. The summed E-state index contributed by atoms with van der Waals surface area (Å²) < 4.78 is 12.0. The van der Waals surface area contributed by atoms with Crippen LogP contribution in [0.25, 0.3) is 0 Å². The number of aryl methyl sites for hydroxylation is 1. The molecule has 3 fully saturated rings. The first-order chi connectivity index (χ1) is 29.6. The van der Waals surface area contributed by atoms with Crippen LogP contribution in [0, 0.1) is 29.6 Å². The van der Waals surface area contributed by atoms with Crippen molar-refractivity contribution >= 4 is 5.78 Å². The summed E-state index contributed by atoms with van der Waals surface area (Å²) in [6.45, 7) is -0.00867. The first-order valence-electron chi connectivity index (χ1n) is 22.2. The Morgan fingerprint density at radius 1 is 0.820 bits per heavy atom. The predicted octanol–water partition coefficient (Wildman–Crippen LogP) is 8.88. The number of rotatable bonds is 13. The van der Waals surface area contributed by atoms with Gasteiger partial charge in [-0.1, -0.05) is 67.8 Å². The molecule has 0 saturated heterocycles. The summed E-state index contributed by atoms with van der Waals surface area (Å²) in [4.78, 5) is 17.9. The molecule has 5 aromatic rings. The van der Waals surface area contributed by atoms with E-state index in [1.165, 1.54) is 12.0 Å². The van der Waals surface area contributed by atoms with Gasteiger partial charge in [-0.25, -0.2) is 0 Å². The molecule has 2 bridgehead atoms. The molecule has 1 heterocycles. The summed E-state index contributed by atoms with van der Waals surface area (Å²) in [5.41, 5.74) is 11.2. The number of nitrogens with two attached hydrogens (primary N) is 1. The largest absolute Gasteiger partial charge is 0.508 e. The van der Waals surface area contributed by atoms with Crippen LogP contribution in [0.15, 0.2) is 97.3 Å². The fourth-order valence-electron chi connectivity index (χ4n) is 12.5. The number of phenolic OH excluding ortho intramolecular Hbond substituents is 4. The second-order valence-corrected chi connectivity index (χ2v) is 18.3. The maximum atomic E-state index is 14.7. The number of ether oxygens (including phenoxy) is 2. The third-order valence-corrected chi connectivity index (χ3v) is 15.1. The molecule has 1 aromatic heterocycles. The van der Waals surface area contributed by atoms with E-state index in [2.05, 4.69) is 41.4 Å². The molecule has 3 saturated carbocycles. The molecule has 4 aromatic carbocycles. The molecular formula is C51H58N2O8. The lowest BCUT2D eigenvalue weighted by molar-refractivity contribution is -0.136. The number of H-pyrrole nitrogens is 1. The quantitative estimate of drug-likeness (QED) is 0.0451. The van der Waals surface area contributed by atoms with E-state index >= 15 is 0 Å². The summed E-state index contributed by atoms with van der Waals surface area (Å²) in [6, 6.07) is 26.6. The van der Waals surface area contributed by atoms with E-state index in [1.54, 1.807) is 42.5 Å². The van der Waals surface area contributed by atoms with Crippen molar-refractivity contribution in [1.82, 2.24) is 4.98 Å². The van der Waals surface area contributed by atoms with E-state index in [4.69, 9.17) is 15.2 Å². The van der Waals surface area contributed by atoms with Gasteiger partial charge in [0.2, 0.25) is 5.75 Å². The molecule has 5 aliphatic carbocycles. The highest BCUT2D eigenvalue weighted by Crippen LogP contribution is 2.68. The average molecular weight is 827 g/mol. The molecule has 0 amide bonds. The zero-order valence-corrected chi connectivity index (χ0v) is 34.6. The van der Waals surface area contributed by atoms with Crippen molar-refractivity contribution in [2.45, 2.75) is 101 Å². The van der Waals surface area contributed by atoms with E-state index in [9.17, 15) is 30.3 Å². The van der Waals surface area contributed by atoms with Gasteiger partial charge in [0.05, 0.1) is 6.10 Å². The van der Waals surface area contributed by atoms with Crippen molar-refractivity contribution in [3.05, 3.63) is 131 Å². The number of aromatic hydroxyl groups is 4. The lowest BCUT2D eigenvalue weighted by Crippen LogP contribution is -2.52. The maximum Gasteiger partial charge on any atom is 0.200 e. The summed E-state index contributed by atoms with van der Waals surface area (Å²) in [6.07, 6.45) is 11.9. The molecule has 8 atom stereocenters. The number of aromatic nitrogens is 1. The fourth-order valence-corrected chi connectivity index (χ4v) is 12.5. The summed E-state index contributed by atoms with van der Waals surface area (Å²) in [7, 11) is 0. The van der Waals surface area contributed by atoms with Gasteiger partial charge < -0.3 is 40.0 Å². The van der Waals surface area contributed by atoms with Crippen LogP contribution < -0.4 is 15.2 Å². The molecule has 61 heavy (non-hydrogen) atoms. The van der Waals surface area contributed by atoms with Crippen molar-refractivity contribution in [2.75, 3.05) is 6.73 Å². The number of phenols is 4. The second-order valence-electron chi connectivity index (χ2n) is 18.3. The van der Waals surface area contributed by atoms with Crippen molar-refractivity contribution < 1.29 is 39.8 Å². The summed E-state index contributed by atoms with van der Waals surface area (Å²) in [5, 5.41) is 56.9. The first-order valence-corrected chi connectivity index (χ1v) is 22.2. The number of fused-ring (bicyclic) bond motifs is 1. The lowest BCUT2D eigenvalue weighted by atomic mass is 9.50. The molecule has 10 nitrogen and oxygen atoms in total. The van der Waals surface area contributed by atoms with Gasteiger partial charge in [-0.2, -0.15) is 0 Å².